The molecule has 4 atom stereocenters. The van der Waals surface area contributed by atoms with Gasteiger partial charge in [0.1, 0.15) is 18.1 Å². The third kappa shape index (κ3) is 3.08. The predicted octanol–water partition coefficient (Wildman–Crippen LogP) is 2.16. The van der Waals surface area contributed by atoms with E-state index < -0.39 is 6.10 Å². The number of rotatable bonds is 6. The van der Waals surface area contributed by atoms with Gasteiger partial charge < -0.3 is 14.6 Å². The van der Waals surface area contributed by atoms with E-state index in [1.54, 1.807) is 6.08 Å². The smallest absolute Gasteiger partial charge is 0.305 e. The lowest BCUT2D eigenvalue weighted by molar-refractivity contribution is -0.140. The van der Waals surface area contributed by atoms with Crippen LogP contribution in [0.3, 0.4) is 0 Å². The summed E-state index contributed by atoms with van der Waals surface area (Å²) in [5.74, 6) is 0.648. The lowest BCUT2D eigenvalue weighted by Crippen LogP contribution is -2.16. The number of methoxy groups -OCH3 is 1. The molecule has 1 fully saturated rings. The minimum Gasteiger partial charge on any atom is -0.489 e. The fourth-order valence-electron chi connectivity index (χ4n) is 3.86. The van der Waals surface area contributed by atoms with Crippen molar-refractivity contribution in [2.24, 2.45) is 5.92 Å². The largest absolute Gasteiger partial charge is 0.489 e. The zero-order valence-electron chi connectivity index (χ0n) is 13.7. The van der Waals surface area contributed by atoms with Crippen LogP contribution >= 0.6 is 0 Å². The van der Waals surface area contributed by atoms with E-state index in [1.807, 2.05) is 18.2 Å². The fraction of sp³-hybridized carbons (Fsp3) is 0.474. The summed E-state index contributed by atoms with van der Waals surface area (Å²) in [6.45, 7) is 0. The van der Waals surface area contributed by atoms with Gasteiger partial charge in [-0.3, -0.25) is 9.59 Å². The van der Waals surface area contributed by atoms with Gasteiger partial charge in [-0.05, 0) is 24.5 Å². The Bertz CT molecular complexity index is 651. The highest BCUT2D eigenvalue weighted by Crippen LogP contribution is 2.51. The van der Waals surface area contributed by atoms with Crippen molar-refractivity contribution >= 4 is 12.3 Å². The number of hydrogen-bond acceptors (Lipinski definition) is 5. The Morgan fingerprint density at radius 2 is 2.29 bits per heavy atom. The number of benzene rings is 1. The van der Waals surface area contributed by atoms with Crippen molar-refractivity contribution in [3.63, 3.8) is 0 Å². The topological polar surface area (TPSA) is 72.8 Å². The molecule has 0 spiro atoms. The number of esters is 1. The molecular weight excluding hydrogens is 308 g/mol. The molecule has 1 aromatic rings. The Labute approximate surface area is 141 Å². The molecule has 1 saturated carbocycles. The van der Waals surface area contributed by atoms with Crippen LogP contribution in [0.4, 0.5) is 0 Å². The molecule has 5 heteroatoms. The summed E-state index contributed by atoms with van der Waals surface area (Å²) in [5.41, 5.74) is 2.17. The van der Waals surface area contributed by atoms with Crippen LogP contribution in [-0.2, 0) is 20.7 Å². The second kappa shape index (κ2) is 7.18. The van der Waals surface area contributed by atoms with Gasteiger partial charge in [-0.15, -0.1) is 0 Å². The van der Waals surface area contributed by atoms with Crippen molar-refractivity contribution in [3.05, 3.63) is 41.5 Å². The number of aliphatic hydroxyl groups excluding tert-OH is 1. The first kappa shape index (κ1) is 16.7. The highest BCUT2D eigenvalue weighted by molar-refractivity contribution is 5.69. The lowest BCUT2D eigenvalue weighted by Gasteiger charge is -2.17. The zero-order valence-corrected chi connectivity index (χ0v) is 13.7. The first-order valence-electron chi connectivity index (χ1n) is 8.31. The van der Waals surface area contributed by atoms with E-state index in [0.717, 1.165) is 29.6 Å². The van der Waals surface area contributed by atoms with E-state index in [-0.39, 0.29) is 23.9 Å². The van der Waals surface area contributed by atoms with Crippen molar-refractivity contribution in [1.29, 1.82) is 0 Å². The Balaban J connectivity index is 1.79. The number of aryl methyl sites for hydroxylation is 1. The molecule has 1 N–H and O–H groups in total. The van der Waals surface area contributed by atoms with Crippen molar-refractivity contribution in [3.8, 4) is 5.75 Å². The van der Waals surface area contributed by atoms with Crippen LogP contribution in [-0.4, -0.2) is 36.7 Å². The second-order valence-electron chi connectivity index (χ2n) is 6.35. The van der Waals surface area contributed by atoms with E-state index in [4.69, 9.17) is 4.74 Å². The van der Waals surface area contributed by atoms with Gasteiger partial charge in [-0.25, -0.2) is 0 Å². The van der Waals surface area contributed by atoms with Gasteiger partial charge in [0.15, 0.2) is 0 Å². The van der Waals surface area contributed by atoms with Gasteiger partial charge in [0, 0.05) is 30.2 Å². The van der Waals surface area contributed by atoms with Crippen LogP contribution in [0.25, 0.3) is 0 Å². The molecule has 0 unspecified atom stereocenters. The molecule has 1 heterocycles. The number of carbonyl (C=O) groups is 2. The number of carbonyl (C=O) groups excluding carboxylic acids is 2. The summed E-state index contributed by atoms with van der Waals surface area (Å²) >= 11 is 0. The van der Waals surface area contributed by atoms with Crippen LogP contribution in [0, 0.1) is 5.92 Å². The number of aldehydes is 1. The van der Waals surface area contributed by atoms with Gasteiger partial charge in [-0.2, -0.15) is 0 Å². The van der Waals surface area contributed by atoms with Crippen molar-refractivity contribution < 1.29 is 24.2 Å². The summed E-state index contributed by atoms with van der Waals surface area (Å²) in [7, 11) is 1.39. The highest BCUT2D eigenvalue weighted by Gasteiger charge is 2.48. The normalized spacial score (nSPS) is 27.6. The SMILES string of the molecule is COC(=O)CCCc1cccc2c1O[C@H]1C[C@@H](O)[C@H](C=CC=O)[C@@H]21. The Hall–Kier alpha value is -2.14. The van der Waals surface area contributed by atoms with Crippen LogP contribution in [0.2, 0.25) is 0 Å². The first-order chi connectivity index (χ1) is 11.7. The van der Waals surface area contributed by atoms with E-state index in [0.29, 0.717) is 19.3 Å². The summed E-state index contributed by atoms with van der Waals surface area (Å²) in [6.07, 6.45) is 5.82. The van der Waals surface area contributed by atoms with Gasteiger partial charge >= 0.3 is 5.97 Å². The third-order valence-corrected chi connectivity index (χ3v) is 4.96. The molecule has 2 aliphatic rings. The monoisotopic (exact) mass is 330 g/mol. The van der Waals surface area contributed by atoms with E-state index in [9.17, 15) is 14.7 Å². The standard InChI is InChI=1S/C19H22O5/c1-23-17(22)9-3-6-12-5-2-7-14-18-13(8-4-10-20)15(21)11-16(18)24-19(12)14/h2,4-5,7-8,10,13,15-16,18,21H,3,6,9,11H2,1H3/t13-,15+,16-,18-/m0/s1. The van der Waals surface area contributed by atoms with Crippen molar-refractivity contribution in [2.45, 2.75) is 43.8 Å². The number of hydrogen-bond donors (Lipinski definition) is 1. The third-order valence-electron chi connectivity index (χ3n) is 4.96. The van der Waals surface area contributed by atoms with Gasteiger partial charge in [-0.1, -0.05) is 24.3 Å². The lowest BCUT2D eigenvalue weighted by atomic mass is 9.86. The average molecular weight is 330 g/mol. The van der Waals surface area contributed by atoms with Crippen LogP contribution in [0.1, 0.15) is 36.3 Å². The number of ether oxygens (including phenoxy) is 2. The summed E-state index contributed by atoms with van der Waals surface area (Å²) in [4.78, 5) is 21.9. The quantitative estimate of drug-likeness (QED) is 0.492. The number of fused-ring (bicyclic) bond motifs is 3. The molecule has 1 aliphatic carbocycles. The summed E-state index contributed by atoms with van der Waals surface area (Å²) in [5, 5.41) is 10.2. The highest BCUT2D eigenvalue weighted by atomic mass is 16.5. The molecule has 0 bridgehead atoms. The first-order valence-corrected chi connectivity index (χ1v) is 8.31. The summed E-state index contributed by atoms with van der Waals surface area (Å²) in [6, 6.07) is 6.04. The molecule has 128 valence electrons. The van der Waals surface area contributed by atoms with Crippen LogP contribution < -0.4 is 4.74 Å². The Kier molecular flexibility index (Phi) is 5.00. The maximum atomic E-state index is 11.3. The van der Waals surface area contributed by atoms with Gasteiger partial charge in [0.05, 0.1) is 13.2 Å². The molecule has 0 aromatic heterocycles. The molecule has 3 rings (SSSR count). The molecule has 1 aromatic carbocycles. The average Bonchev–Trinajstić information content (AvgIpc) is 3.08. The maximum absolute atomic E-state index is 11.3. The van der Waals surface area contributed by atoms with E-state index in [1.165, 1.54) is 13.2 Å². The van der Waals surface area contributed by atoms with Crippen molar-refractivity contribution in [1.82, 2.24) is 0 Å². The minimum absolute atomic E-state index is 0.0574. The molecule has 0 radical (unpaired) electrons. The Morgan fingerprint density at radius 1 is 1.46 bits per heavy atom. The minimum atomic E-state index is -0.493. The second-order valence-corrected chi connectivity index (χ2v) is 6.35. The number of allylic oxidation sites excluding steroid dienone is 1. The number of aliphatic hydroxyl groups is 1. The van der Waals surface area contributed by atoms with Crippen LogP contribution in [0.5, 0.6) is 5.75 Å². The molecule has 24 heavy (non-hydrogen) atoms. The van der Waals surface area contributed by atoms with Gasteiger partial charge in [0.25, 0.3) is 0 Å². The van der Waals surface area contributed by atoms with Gasteiger partial charge in [0.2, 0.25) is 0 Å². The Morgan fingerprint density at radius 3 is 3.04 bits per heavy atom. The summed E-state index contributed by atoms with van der Waals surface area (Å²) < 4.78 is 10.8. The molecule has 0 amide bonds. The zero-order chi connectivity index (χ0) is 17.1. The van der Waals surface area contributed by atoms with E-state index in [2.05, 4.69) is 4.74 Å². The fourth-order valence-corrected chi connectivity index (χ4v) is 3.86. The predicted molar refractivity (Wildman–Crippen MR) is 87.9 cm³/mol. The maximum Gasteiger partial charge on any atom is 0.305 e. The van der Waals surface area contributed by atoms with E-state index >= 15 is 0 Å². The van der Waals surface area contributed by atoms with Crippen LogP contribution in [0.15, 0.2) is 30.4 Å². The van der Waals surface area contributed by atoms with Crippen molar-refractivity contribution in [2.75, 3.05) is 7.11 Å². The molecule has 1 aliphatic heterocycles. The molecule has 0 saturated heterocycles. The molecule has 5 nitrogen and oxygen atoms in total. The molecular formula is C19H22O5. The number of para-hydroxylation sites is 1.